The van der Waals surface area contributed by atoms with Gasteiger partial charge in [-0.15, -0.1) is 0 Å². The highest BCUT2D eigenvalue weighted by Crippen LogP contribution is 2.25. The minimum Gasteiger partial charge on any atom is -0.303 e. The van der Waals surface area contributed by atoms with Crippen LogP contribution in [0.4, 0.5) is 0 Å². The first-order chi connectivity index (χ1) is 9.06. The predicted octanol–water partition coefficient (Wildman–Crippen LogP) is 2.18. The molecule has 2 aromatic rings. The van der Waals surface area contributed by atoms with Crippen molar-refractivity contribution >= 4 is 6.29 Å². The third kappa shape index (κ3) is 2.38. The van der Waals surface area contributed by atoms with E-state index in [9.17, 15) is 9.59 Å². The average Bonchev–Trinajstić information content (AvgIpc) is 2.63. The lowest BCUT2D eigenvalue weighted by molar-refractivity contribution is -0.108. The molecule has 4 nitrogen and oxygen atoms in total. The fourth-order valence-corrected chi connectivity index (χ4v) is 2.37. The Morgan fingerprint density at radius 3 is 2.58 bits per heavy atom. The second-order valence-electron chi connectivity index (χ2n) is 4.86. The summed E-state index contributed by atoms with van der Waals surface area (Å²) in [5.74, 6) is 0.0974. The zero-order valence-corrected chi connectivity index (χ0v) is 11.5. The maximum Gasteiger partial charge on any atom is 0.332 e. The van der Waals surface area contributed by atoms with E-state index in [1.807, 2.05) is 44.3 Å². The number of hydrogen-bond donors (Lipinski definition) is 0. The Labute approximate surface area is 112 Å². The Morgan fingerprint density at radius 2 is 2.00 bits per heavy atom. The summed E-state index contributed by atoms with van der Waals surface area (Å²) in [7, 11) is 1.74. The molecule has 4 heteroatoms. The highest BCUT2D eigenvalue weighted by molar-refractivity contribution is 5.54. The van der Waals surface area contributed by atoms with Crippen molar-refractivity contribution in [2.45, 2.75) is 26.2 Å². The Kier molecular flexibility index (Phi) is 3.69. The van der Waals surface area contributed by atoms with Crippen molar-refractivity contribution < 1.29 is 4.79 Å². The van der Waals surface area contributed by atoms with E-state index in [0.717, 1.165) is 23.2 Å². The van der Waals surface area contributed by atoms with Gasteiger partial charge in [-0.25, -0.2) is 4.79 Å². The largest absolute Gasteiger partial charge is 0.332 e. The van der Waals surface area contributed by atoms with Crippen LogP contribution in [0, 0.1) is 6.92 Å². The minimum absolute atomic E-state index is 0.0664. The summed E-state index contributed by atoms with van der Waals surface area (Å²) in [6, 6.07) is 7.74. The monoisotopic (exact) mass is 258 g/mol. The predicted molar refractivity (Wildman–Crippen MR) is 74.8 cm³/mol. The number of para-hydroxylation sites is 1. The van der Waals surface area contributed by atoms with Crippen LogP contribution in [0.2, 0.25) is 0 Å². The van der Waals surface area contributed by atoms with Crippen LogP contribution in [-0.4, -0.2) is 15.4 Å². The molecule has 0 amide bonds. The number of aromatic nitrogens is 2. The standard InChI is InChI=1S/C15H18N2O2/c1-11(8-9-18)13-6-4-5-7-14(13)17-12(2)10-16(3)15(17)19/h4-7,9-11H,8H2,1-3H3. The second-order valence-corrected chi connectivity index (χ2v) is 4.86. The first-order valence-electron chi connectivity index (χ1n) is 6.34. The first kappa shape index (κ1) is 13.3. The molecule has 1 aromatic carbocycles. The molecule has 0 spiro atoms. The van der Waals surface area contributed by atoms with Gasteiger partial charge in [0.2, 0.25) is 0 Å². The van der Waals surface area contributed by atoms with Gasteiger partial charge in [0.15, 0.2) is 0 Å². The Hall–Kier alpha value is -2.10. The summed E-state index contributed by atoms with van der Waals surface area (Å²) in [5, 5.41) is 0. The summed E-state index contributed by atoms with van der Waals surface area (Å²) >= 11 is 0. The molecule has 0 bridgehead atoms. The van der Waals surface area contributed by atoms with E-state index < -0.39 is 0 Å². The van der Waals surface area contributed by atoms with Crippen molar-refractivity contribution in [3.05, 3.63) is 52.2 Å². The molecule has 19 heavy (non-hydrogen) atoms. The van der Waals surface area contributed by atoms with Crippen molar-refractivity contribution in [2.24, 2.45) is 7.05 Å². The number of nitrogens with zero attached hydrogens (tertiary/aromatic N) is 2. The van der Waals surface area contributed by atoms with Crippen molar-refractivity contribution in [3.63, 3.8) is 0 Å². The number of rotatable bonds is 4. The topological polar surface area (TPSA) is 44.0 Å². The van der Waals surface area contributed by atoms with Crippen LogP contribution in [0.25, 0.3) is 5.69 Å². The van der Waals surface area contributed by atoms with E-state index in [2.05, 4.69) is 0 Å². The number of benzene rings is 1. The third-order valence-corrected chi connectivity index (χ3v) is 3.38. The van der Waals surface area contributed by atoms with Crippen LogP contribution in [0.15, 0.2) is 35.3 Å². The third-order valence-electron chi connectivity index (χ3n) is 3.38. The number of carbonyl (C=O) groups is 1. The molecule has 0 radical (unpaired) electrons. The first-order valence-corrected chi connectivity index (χ1v) is 6.34. The van der Waals surface area contributed by atoms with Crippen molar-refractivity contribution in [1.82, 2.24) is 9.13 Å². The number of imidazole rings is 1. The van der Waals surface area contributed by atoms with Gasteiger partial charge in [-0.05, 0) is 24.5 Å². The average molecular weight is 258 g/mol. The molecule has 0 aliphatic carbocycles. The van der Waals surface area contributed by atoms with Crippen LogP contribution in [0.3, 0.4) is 0 Å². The lowest BCUT2D eigenvalue weighted by Gasteiger charge is -2.15. The second kappa shape index (κ2) is 5.26. The zero-order chi connectivity index (χ0) is 14.0. The molecule has 0 saturated carbocycles. The van der Waals surface area contributed by atoms with Gasteiger partial charge >= 0.3 is 5.69 Å². The minimum atomic E-state index is -0.0664. The van der Waals surface area contributed by atoms with Crippen LogP contribution in [-0.2, 0) is 11.8 Å². The quantitative estimate of drug-likeness (QED) is 0.789. The fraction of sp³-hybridized carbons (Fsp3) is 0.333. The number of aryl methyl sites for hydroxylation is 2. The van der Waals surface area contributed by atoms with Gasteiger partial charge in [0.05, 0.1) is 5.69 Å². The number of carbonyl (C=O) groups excluding carboxylic acids is 1. The SMILES string of the molecule is Cc1cn(C)c(=O)n1-c1ccccc1C(C)CC=O. The van der Waals surface area contributed by atoms with E-state index in [1.54, 1.807) is 16.2 Å². The van der Waals surface area contributed by atoms with Gasteiger partial charge in [0.25, 0.3) is 0 Å². The van der Waals surface area contributed by atoms with Gasteiger partial charge in [0.1, 0.15) is 6.29 Å². The lowest BCUT2D eigenvalue weighted by atomic mass is 9.96. The molecule has 0 fully saturated rings. The highest BCUT2D eigenvalue weighted by atomic mass is 16.1. The van der Waals surface area contributed by atoms with E-state index in [1.165, 1.54) is 0 Å². The molecule has 1 atom stereocenters. The summed E-state index contributed by atoms with van der Waals surface area (Å²) in [6.45, 7) is 3.90. The number of aldehydes is 1. The fourth-order valence-electron chi connectivity index (χ4n) is 2.37. The van der Waals surface area contributed by atoms with Crippen LogP contribution >= 0.6 is 0 Å². The molecule has 0 aliphatic heterocycles. The smallest absolute Gasteiger partial charge is 0.303 e. The van der Waals surface area contributed by atoms with Gasteiger partial charge in [-0.1, -0.05) is 25.1 Å². The Bertz CT molecular complexity index is 652. The van der Waals surface area contributed by atoms with Gasteiger partial charge in [-0.3, -0.25) is 4.57 Å². The molecular formula is C15H18N2O2. The van der Waals surface area contributed by atoms with Crippen LogP contribution < -0.4 is 5.69 Å². The lowest BCUT2D eigenvalue weighted by Crippen LogP contribution is -2.22. The maximum absolute atomic E-state index is 12.2. The molecule has 0 aliphatic rings. The summed E-state index contributed by atoms with van der Waals surface area (Å²) in [4.78, 5) is 22.9. The molecule has 1 heterocycles. The summed E-state index contributed by atoms with van der Waals surface area (Å²) in [6.07, 6.45) is 3.18. The van der Waals surface area contributed by atoms with E-state index >= 15 is 0 Å². The van der Waals surface area contributed by atoms with Crippen molar-refractivity contribution in [3.8, 4) is 5.69 Å². The Balaban J connectivity index is 2.63. The van der Waals surface area contributed by atoms with Gasteiger partial charge in [0, 0.05) is 25.4 Å². The number of hydrogen-bond acceptors (Lipinski definition) is 2. The maximum atomic E-state index is 12.2. The molecule has 1 unspecified atom stereocenters. The molecule has 0 N–H and O–H groups in total. The summed E-state index contributed by atoms with van der Waals surface area (Å²) in [5.41, 5.74) is 2.70. The van der Waals surface area contributed by atoms with Crippen LogP contribution in [0.5, 0.6) is 0 Å². The van der Waals surface area contributed by atoms with Crippen molar-refractivity contribution in [1.29, 1.82) is 0 Å². The van der Waals surface area contributed by atoms with E-state index in [0.29, 0.717) is 6.42 Å². The van der Waals surface area contributed by atoms with Crippen LogP contribution in [0.1, 0.15) is 30.5 Å². The Morgan fingerprint density at radius 1 is 1.32 bits per heavy atom. The van der Waals surface area contributed by atoms with E-state index in [4.69, 9.17) is 0 Å². The molecule has 2 rings (SSSR count). The van der Waals surface area contributed by atoms with E-state index in [-0.39, 0.29) is 11.6 Å². The normalized spacial score (nSPS) is 12.4. The highest BCUT2D eigenvalue weighted by Gasteiger charge is 2.15. The molecule has 1 aromatic heterocycles. The molecule has 0 saturated heterocycles. The molecule has 100 valence electrons. The molecular weight excluding hydrogens is 240 g/mol. The van der Waals surface area contributed by atoms with Crippen molar-refractivity contribution in [2.75, 3.05) is 0 Å². The van der Waals surface area contributed by atoms with Gasteiger partial charge < -0.3 is 9.36 Å². The van der Waals surface area contributed by atoms with Gasteiger partial charge in [-0.2, -0.15) is 0 Å². The summed E-state index contributed by atoms with van der Waals surface area (Å²) < 4.78 is 3.26. The zero-order valence-electron chi connectivity index (χ0n) is 11.5.